The second-order valence-electron chi connectivity index (χ2n) is 4.97. The minimum atomic E-state index is 0.722. The van der Waals surface area contributed by atoms with Gasteiger partial charge in [-0.3, -0.25) is 0 Å². The molecule has 0 radical (unpaired) electrons. The number of halogens is 1. The van der Waals surface area contributed by atoms with Crippen molar-refractivity contribution in [3.8, 4) is 0 Å². The molecular weight excluding hydrogens is 292 g/mol. The summed E-state index contributed by atoms with van der Waals surface area (Å²) in [5.41, 5.74) is 2.18. The molecule has 2 aromatic heterocycles. The van der Waals surface area contributed by atoms with Gasteiger partial charge in [0.1, 0.15) is 5.52 Å². The van der Waals surface area contributed by atoms with E-state index >= 15 is 0 Å². The number of hydrogen-bond donors (Lipinski definition) is 0. The highest BCUT2D eigenvalue weighted by Crippen LogP contribution is 2.27. The molecule has 1 aliphatic heterocycles. The molecule has 0 saturated carbocycles. The Morgan fingerprint density at radius 3 is 3.17 bits per heavy atom. The van der Waals surface area contributed by atoms with Crippen LogP contribution in [0.5, 0.6) is 0 Å². The van der Waals surface area contributed by atoms with E-state index in [4.69, 9.17) is 0 Å². The van der Waals surface area contributed by atoms with Crippen molar-refractivity contribution in [2.24, 2.45) is 13.0 Å². The highest BCUT2D eigenvalue weighted by molar-refractivity contribution is 9.09. The smallest absolute Gasteiger partial charge is 0.156 e. The average molecular weight is 309 g/mol. The number of hydrogen-bond acceptors (Lipinski definition) is 3. The lowest BCUT2D eigenvalue weighted by atomic mass is 10.0. The maximum atomic E-state index is 4.55. The summed E-state index contributed by atoms with van der Waals surface area (Å²) in [7, 11) is 2.02. The van der Waals surface area contributed by atoms with Crippen molar-refractivity contribution in [2.75, 3.05) is 23.3 Å². The second kappa shape index (κ2) is 4.88. The molecule has 1 fully saturated rings. The summed E-state index contributed by atoms with van der Waals surface area (Å²) in [6, 6.07) is 2.03. The van der Waals surface area contributed by atoms with Crippen molar-refractivity contribution < 1.29 is 0 Å². The third-order valence-electron chi connectivity index (χ3n) is 3.66. The SMILES string of the molecule is Cn1cnc2c(N3CCCC(CBr)C3)nccc21. The molecule has 1 aliphatic rings. The van der Waals surface area contributed by atoms with E-state index in [1.165, 1.54) is 12.8 Å². The third kappa shape index (κ3) is 2.00. The van der Waals surface area contributed by atoms with E-state index in [0.717, 1.165) is 41.2 Å². The van der Waals surface area contributed by atoms with Crippen LogP contribution in [-0.2, 0) is 7.05 Å². The number of alkyl halides is 1. The second-order valence-corrected chi connectivity index (χ2v) is 5.61. The van der Waals surface area contributed by atoms with E-state index in [1.807, 2.05) is 30.2 Å². The van der Waals surface area contributed by atoms with Gasteiger partial charge in [-0.1, -0.05) is 15.9 Å². The van der Waals surface area contributed by atoms with E-state index in [-0.39, 0.29) is 0 Å². The first-order valence-corrected chi connectivity index (χ1v) is 7.48. The number of piperidine rings is 1. The van der Waals surface area contributed by atoms with Gasteiger partial charge in [-0.2, -0.15) is 0 Å². The number of fused-ring (bicyclic) bond motifs is 1. The summed E-state index contributed by atoms with van der Waals surface area (Å²) in [6.07, 6.45) is 6.29. The van der Waals surface area contributed by atoms with Crippen LogP contribution < -0.4 is 4.90 Å². The van der Waals surface area contributed by atoms with E-state index in [9.17, 15) is 0 Å². The van der Waals surface area contributed by atoms with Crippen LogP contribution in [0.15, 0.2) is 18.6 Å². The lowest BCUT2D eigenvalue weighted by Crippen LogP contribution is -2.36. The Morgan fingerprint density at radius 2 is 2.33 bits per heavy atom. The monoisotopic (exact) mass is 308 g/mol. The van der Waals surface area contributed by atoms with E-state index in [2.05, 4.69) is 30.8 Å². The lowest BCUT2D eigenvalue weighted by Gasteiger charge is -2.32. The number of pyridine rings is 1. The molecule has 3 rings (SSSR count). The summed E-state index contributed by atoms with van der Waals surface area (Å²) in [4.78, 5) is 11.4. The van der Waals surface area contributed by atoms with Gasteiger partial charge in [0.25, 0.3) is 0 Å². The van der Waals surface area contributed by atoms with Crippen LogP contribution in [0.2, 0.25) is 0 Å². The molecule has 5 heteroatoms. The molecule has 2 aromatic rings. The summed E-state index contributed by atoms with van der Waals surface area (Å²) in [6.45, 7) is 2.17. The first-order chi connectivity index (χ1) is 8.79. The number of rotatable bonds is 2. The molecule has 1 saturated heterocycles. The molecule has 18 heavy (non-hydrogen) atoms. The van der Waals surface area contributed by atoms with Crippen LogP contribution in [0.25, 0.3) is 11.0 Å². The first kappa shape index (κ1) is 12.0. The highest BCUT2D eigenvalue weighted by Gasteiger charge is 2.22. The zero-order valence-corrected chi connectivity index (χ0v) is 12.1. The minimum absolute atomic E-state index is 0.722. The van der Waals surface area contributed by atoms with Crippen LogP contribution in [0, 0.1) is 5.92 Å². The molecule has 0 aromatic carbocycles. The Kier molecular flexibility index (Phi) is 3.24. The summed E-state index contributed by atoms with van der Waals surface area (Å²) < 4.78 is 2.05. The van der Waals surface area contributed by atoms with Crippen LogP contribution in [0.1, 0.15) is 12.8 Å². The van der Waals surface area contributed by atoms with Crippen molar-refractivity contribution in [3.05, 3.63) is 18.6 Å². The van der Waals surface area contributed by atoms with Gasteiger partial charge in [0.05, 0.1) is 11.8 Å². The van der Waals surface area contributed by atoms with Crippen LogP contribution >= 0.6 is 15.9 Å². The van der Waals surface area contributed by atoms with E-state index in [1.54, 1.807) is 0 Å². The van der Waals surface area contributed by atoms with E-state index in [0.29, 0.717) is 0 Å². The largest absolute Gasteiger partial charge is 0.354 e. The Balaban J connectivity index is 1.98. The van der Waals surface area contributed by atoms with Crippen molar-refractivity contribution in [3.63, 3.8) is 0 Å². The minimum Gasteiger partial charge on any atom is -0.354 e. The van der Waals surface area contributed by atoms with Gasteiger partial charge in [-0.25, -0.2) is 9.97 Å². The topological polar surface area (TPSA) is 34.0 Å². The van der Waals surface area contributed by atoms with Gasteiger partial charge < -0.3 is 9.47 Å². The molecule has 0 aliphatic carbocycles. The van der Waals surface area contributed by atoms with Crippen molar-refractivity contribution in [1.29, 1.82) is 0 Å². The number of nitrogens with zero attached hydrogens (tertiary/aromatic N) is 4. The van der Waals surface area contributed by atoms with Crippen LogP contribution in [-0.4, -0.2) is 33.0 Å². The van der Waals surface area contributed by atoms with E-state index < -0.39 is 0 Å². The molecule has 96 valence electrons. The Labute approximate surface area is 115 Å². The zero-order chi connectivity index (χ0) is 12.5. The average Bonchev–Trinajstić information content (AvgIpc) is 2.81. The molecule has 0 spiro atoms. The fraction of sp³-hybridized carbons (Fsp3) is 0.538. The van der Waals surface area contributed by atoms with Crippen molar-refractivity contribution in [2.45, 2.75) is 12.8 Å². The number of anilines is 1. The van der Waals surface area contributed by atoms with Gasteiger partial charge in [-0.05, 0) is 24.8 Å². The standard InChI is InChI=1S/C13H17BrN4/c1-17-9-16-12-11(17)4-5-15-13(12)18-6-2-3-10(7-14)8-18/h4-5,9-10H,2-3,6-8H2,1H3. The summed E-state index contributed by atoms with van der Waals surface area (Å²) >= 11 is 3.60. The molecule has 1 atom stereocenters. The van der Waals surface area contributed by atoms with Crippen LogP contribution in [0.3, 0.4) is 0 Å². The third-order valence-corrected chi connectivity index (χ3v) is 4.58. The van der Waals surface area contributed by atoms with Crippen molar-refractivity contribution >= 4 is 32.8 Å². The van der Waals surface area contributed by atoms with Gasteiger partial charge in [0.2, 0.25) is 0 Å². The highest BCUT2D eigenvalue weighted by atomic mass is 79.9. The number of aromatic nitrogens is 3. The summed E-state index contributed by atoms with van der Waals surface area (Å²) in [5, 5.41) is 1.07. The number of aryl methyl sites for hydroxylation is 1. The van der Waals surface area contributed by atoms with Gasteiger partial charge in [0, 0.05) is 31.7 Å². The lowest BCUT2D eigenvalue weighted by molar-refractivity contribution is 0.453. The number of imidazole rings is 1. The molecule has 1 unspecified atom stereocenters. The molecule has 0 amide bonds. The molecule has 0 N–H and O–H groups in total. The fourth-order valence-corrected chi connectivity index (χ4v) is 3.19. The Bertz CT molecular complexity index is 551. The quantitative estimate of drug-likeness (QED) is 0.800. The Hall–Kier alpha value is -1.10. The molecule has 0 bridgehead atoms. The van der Waals surface area contributed by atoms with Gasteiger partial charge >= 0.3 is 0 Å². The molecule has 3 heterocycles. The summed E-state index contributed by atoms with van der Waals surface area (Å²) in [5.74, 6) is 1.76. The molecular formula is C13H17BrN4. The molecule has 4 nitrogen and oxygen atoms in total. The zero-order valence-electron chi connectivity index (χ0n) is 10.5. The van der Waals surface area contributed by atoms with Crippen LogP contribution in [0.4, 0.5) is 5.82 Å². The Morgan fingerprint density at radius 1 is 1.44 bits per heavy atom. The van der Waals surface area contributed by atoms with Gasteiger partial charge in [0.15, 0.2) is 5.82 Å². The fourth-order valence-electron chi connectivity index (χ4n) is 2.66. The normalized spacial score (nSPS) is 20.6. The maximum Gasteiger partial charge on any atom is 0.156 e. The maximum absolute atomic E-state index is 4.55. The predicted molar refractivity (Wildman–Crippen MR) is 77.2 cm³/mol. The van der Waals surface area contributed by atoms with Crippen molar-refractivity contribution in [1.82, 2.24) is 14.5 Å². The predicted octanol–water partition coefficient (Wildman–Crippen LogP) is 2.58. The first-order valence-electron chi connectivity index (χ1n) is 6.36. The van der Waals surface area contributed by atoms with Gasteiger partial charge in [-0.15, -0.1) is 0 Å².